The average molecular weight is 272 g/mol. The molecule has 1 heterocycles. The van der Waals surface area contributed by atoms with Crippen LogP contribution in [0.5, 0.6) is 0 Å². The van der Waals surface area contributed by atoms with Gasteiger partial charge in [0, 0.05) is 24.8 Å². The molecule has 0 amide bonds. The zero-order chi connectivity index (χ0) is 14.1. The second kappa shape index (κ2) is 5.77. The normalized spacial score (nSPS) is 27.6. The maximum absolute atomic E-state index is 6.10. The summed E-state index contributed by atoms with van der Waals surface area (Å²) in [6.07, 6.45) is 6.75. The van der Waals surface area contributed by atoms with Crippen molar-refractivity contribution in [1.82, 2.24) is 4.90 Å². The van der Waals surface area contributed by atoms with Crippen LogP contribution in [0.4, 0.5) is 5.69 Å². The molecule has 0 atom stereocenters. The van der Waals surface area contributed by atoms with E-state index in [0.29, 0.717) is 0 Å². The van der Waals surface area contributed by atoms with E-state index >= 15 is 0 Å². The lowest BCUT2D eigenvalue weighted by Crippen LogP contribution is -2.41. The summed E-state index contributed by atoms with van der Waals surface area (Å²) in [5, 5.41) is 0. The minimum Gasteiger partial charge on any atom is -0.398 e. The van der Waals surface area contributed by atoms with Crippen molar-refractivity contribution in [3.8, 4) is 0 Å². The van der Waals surface area contributed by atoms with Crippen LogP contribution in [0.1, 0.15) is 50.7 Å². The molecule has 2 aliphatic rings. The monoisotopic (exact) mass is 272 g/mol. The Balaban J connectivity index is 1.64. The minimum atomic E-state index is 0.805. The molecule has 0 aromatic heterocycles. The predicted octanol–water partition coefficient (Wildman–Crippen LogP) is 3.84. The van der Waals surface area contributed by atoms with Gasteiger partial charge in [-0.15, -0.1) is 0 Å². The van der Waals surface area contributed by atoms with Gasteiger partial charge in [-0.1, -0.05) is 26.0 Å². The minimum absolute atomic E-state index is 0.805. The maximum Gasteiger partial charge on any atom is 0.0350 e. The van der Waals surface area contributed by atoms with Gasteiger partial charge in [0.2, 0.25) is 0 Å². The third-order valence-electron chi connectivity index (χ3n) is 5.53. The quantitative estimate of drug-likeness (QED) is 0.829. The Morgan fingerprint density at radius 3 is 2.60 bits per heavy atom. The van der Waals surface area contributed by atoms with Gasteiger partial charge in [-0.05, 0) is 61.1 Å². The summed E-state index contributed by atoms with van der Waals surface area (Å²) in [7, 11) is 0. The number of nitrogens with zero attached hydrogens (tertiary/aromatic N) is 1. The van der Waals surface area contributed by atoms with Crippen molar-refractivity contribution in [2.45, 2.75) is 58.5 Å². The Morgan fingerprint density at radius 2 is 1.90 bits per heavy atom. The van der Waals surface area contributed by atoms with Crippen LogP contribution in [0.3, 0.4) is 0 Å². The lowest BCUT2D eigenvalue weighted by Gasteiger charge is -2.40. The molecule has 0 bridgehead atoms. The Morgan fingerprint density at radius 1 is 1.15 bits per heavy atom. The molecule has 2 heteroatoms. The summed E-state index contributed by atoms with van der Waals surface area (Å²) >= 11 is 0. The van der Waals surface area contributed by atoms with Crippen LogP contribution in [0, 0.1) is 11.8 Å². The van der Waals surface area contributed by atoms with E-state index in [9.17, 15) is 0 Å². The molecule has 2 nitrogen and oxygen atoms in total. The molecule has 0 unspecified atom stereocenters. The van der Waals surface area contributed by atoms with E-state index in [4.69, 9.17) is 5.73 Å². The van der Waals surface area contributed by atoms with E-state index in [0.717, 1.165) is 36.5 Å². The third kappa shape index (κ3) is 2.71. The van der Waals surface area contributed by atoms with E-state index in [-0.39, 0.29) is 0 Å². The topological polar surface area (TPSA) is 29.3 Å². The third-order valence-corrected chi connectivity index (χ3v) is 5.53. The fraction of sp³-hybridized carbons (Fsp3) is 0.667. The Bertz CT molecular complexity index is 458. The molecule has 1 aliphatic carbocycles. The number of benzene rings is 1. The average Bonchev–Trinajstić information content (AvgIpc) is 2.47. The van der Waals surface area contributed by atoms with Crippen molar-refractivity contribution in [3.63, 3.8) is 0 Å². The van der Waals surface area contributed by atoms with Gasteiger partial charge in [0.25, 0.3) is 0 Å². The van der Waals surface area contributed by atoms with Crippen LogP contribution in [0.2, 0.25) is 0 Å². The van der Waals surface area contributed by atoms with Crippen LogP contribution in [-0.4, -0.2) is 17.5 Å². The van der Waals surface area contributed by atoms with Gasteiger partial charge >= 0.3 is 0 Å². The van der Waals surface area contributed by atoms with Crippen molar-refractivity contribution in [2.24, 2.45) is 11.8 Å². The zero-order valence-electron chi connectivity index (χ0n) is 12.9. The van der Waals surface area contributed by atoms with Crippen LogP contribution < -0.4 is 5.73 Å². The Kier molecular flexibility index (Phi) is 4.02. The highest BCUT2D eigenvalue weighted by Crippen LogP contribution is 2.34. The molecule has 110 valence electrons. The van der Waals surface area contributed by atoms with Crippen molar-refractivity contribution >= 4 is 5.69 Å². The van der Waals surface area contributed by atoms with Crippen molar-refractivity contribution in [3.05, 3.63) is 29.3 Å². The second-order valence-electron chi connectivity index (χ2n) is 7.02. The Labute approximate surface area is 123 Å². The number of nitrogen functional groups attached to an aromatic ring is 1. The van der Waals surface area contributed by atoms with E-state index in [1.54, 1.807) is 0 Å². The molecule has 0 radical (unpaired) electrons. The number of anilines is 1. The molecule has 1 aromatic rings. The van der Waals surface area contributed by atoms with Gasteiger partial charge in [0.1, 0.15) is 0 Å². The molecule has 3 rings (SSSR count). The van der Waals surface area contributed by atoms with Gasteiger partial charge in [-0.3, -0.25) is 4.90 Å². The molecule has 0 saturated heterocycles. The molecule has 20 heavy (non-hydrogen) atoms. The number of hydrogen-bond donors (Lipinski definition) is 1. The predicted molar refractivity (Wildman–Crippen MR) is 85.6 cm³/mol. The lowest BCUT2D eigenvalue weighted by molar-refractivity contribution is 0.112. The molecule has 1 saturated carbocycles. The summed E-state index contributed by atoms with van der Waals surface area (Å²) in [5.41, 5.74) is 9.95. The van der Waals surface area contributed by atoms with Crippen molar-refractivity contribution < 1.29 is 0 Å². The van der Waals surface area contributed by atoms with E-state index in [1.807, 2.05) is 6.07 Å². The molecule has 1 fully saturated rings. The second-order valence-corrected chi connectivity index (χ2v) is 7.02. The highest BCUT2D eigenvalue weighted by atomic mass is 15.2. The van der Waals surface area contributed by atoms with Crippen LogP contribution in [0.25, 0.3) is 0 Å². The zero-order valence-corrected chi connectivity index (χ0v) is 12.9. The lowest BCUT2D eigenvalue weighted by atomic mass is 9.79. The standard InChI is InChI=1S/C18H28N2/c1-13(2)14-6-8-16(9-7-14)20-11-10-17-15(12-20)4-3-5-18(17)19/h3-5,13-14,16H,6-12,19H2,1-2H3. The summed E-state index contributed by atoms with van der Waals surface area (Å²) in [5.74, 6) is 1.82. The van der Waals surface area contributed by atoms with Crippen molar-refractivity contribution in [1.29, 1.82) is 0 Å². The molecule has 1 aromatic carbocycles. The summed E-state index contributed by atoms with van der Waals surface area (Å²) < 4.78 is 0. The number of nitrogens with two attached hydrogens (primary N) is 1. The molecular weight excluding hydrogens is 244 g/mol. The first-order valence-corrected chi connectivity index (χ1v) is 8.25. The maximum atomic E-state index is 6.10. The van der Waals surface area contributed by atoms with Crippen LogP contribution in [-0.2, 0) is 13.0 Å². The number of fused-ring (bicyclic) bond motifs is 1. The first kappa shape index (κ1) is 13.9. The smallest absolute Gasteiger partial charge is 0.0350 e. The van der Waals surface area contributed by atoms with Crippen LogP contribution >= 0.6 is 0 Å². The van der Waals surface area contributed by atoms with E-state index < -0.39 is 0 Å². The molecule has 0 spiro atoms. The van der Waals surface area contributed by atoms with Gasteiger partial charge in [0.05, 0.1) is 0 Å². The van der Waals surface area contributed by atoms with Gasteiger partial charge < -0.3 is 5.73 Å². The van der Waals surface area contributed by atoms with Crippen molar-refractivity contribution in [2.75, 3.05) is 12.3 Å². The summed E-state index contributed by atoms with van der Waals surface area (Å²) in [6.45, 7) is 7.06. The van der Waals surface area contributed by atoms with E-state index in [2.05, 4.69) is 30.9 Å². The van der Waals surface area contributed by atoms with Gasteiger partial charge in [0.15, 0.2) is 0 Å². The molecule has 1 aliphatic heterocycles. The van der Waals surface area contributed by atoms with E-state index in [1.165, 1.54) is 43.4 Å². The first-order valence-electron chi connectivity index (χ1n) is 8.25. The van der Waals surface area contributed by atoms with Gasteiger partial charge in [-0.25, -0.2) is 0 Å². The fourth-order valence-electron chi connectivity index (χ4n) is 4.11. The summed E-state index contributed by atoms with van der Waals surface area (Å²) in [6, 6.07) is 7.22. The number of rotatable bonds is 2. The highest BCUT2D eigenvalue weighted by Gasteiger charge is 2.29. The molecule has 2 N–H and O–H groups in total. The van der Waals surface area contributed by atoms with Crippen LogP contribution in [0.15, 0.2) is 18.2 Å². The van der Waals surface area contributed by atoms with Gasteiger partial charge in [-0.2, -0.15) is 0 Å². The SMILES string of the molecule is CC(C)C1CCC(N2CCc3c(N)cccc3C2)CC1. The molecular formula is C18H28N2. The number of hydrogen-bond acceptors (Lipinski definition) is 2. The fourth-order valence-corrected chi connectivity index (χ4v) is 4.11. The Hall–Kier alpha value is -1.02. The summed E-state index contributed by atoms with van der Waals surface area (Å²) in [4.78, 5) is 2.71. The highest BCUT2D eigenvalue weighted by molar-refractivity contribution is 5.51. The first-order chi connectivity index (χ1) is 9.65. The largest absolute Gasteiger partial charge is 0.398 e.